The van der Waals surface area contributed by atoms with E-state index in [1.165, 1.54) is 0 Å². The Labute approximate surface area is 113 Å². The third kappa shape index (κ3) is 2.88. The molecule has 0 fully saturated rings. The van der Waals surface area contributed by atoms with Gasteiger partial charge in [0.15, 0.2) is 0 Å². The fourth-order valence-corrected chi connectivity index (χ4v) is 2.11. The Morgan fingerprint density at radius 2 is 2.22 bits per heavy atom. The van der Waals surface area contributed by atoms with Crippen molar-refractivity contribution in [3.05, 3.63) is 39.6 Å². The van der Waals surface area contributed by atoms with Crippen LogP contribution in [-0.4, -0.2) is 16.9 Å². The van der Waals surface area contributed by atoms with Crippen LogP contribution in [0.15, 0.2) is 27.3 Å². The first kappa shape index (κ1) is 13.0. The highest BCUT2D eigenvalue weighted by atomic mass is 79.9. The lowest BCUT2D eigenvalue weighted by atomic mass is 10.1. The molecule has 0 atom stereocenters. The van der Waals surface area contributed by atoms with Crippen molar-refractivity contribution in [1.82, 2.24) is 10.3 Å². The number of aromatic nitrogens is 2. The van der Waals surface area contributed by atoms with Crippen molar-refractivity contribution in [3.63, 3.8) is 0 Å². The van der Waals surface area contributed by atoms with E-state index in [0.717, 1.165) is 27.9 Å². The van der Waals surface area contributed by atoms with Crippen LogP contribution in [0, 0.1) is 6.92 Å². The number of benzene rings is 1. The average Bonchev–Trinajstić information content (AvgIpc) is 2.75. The number of para-hydroxylation sites is 1. The summed E-state index contributed by atoms with van der Waals surface area (Å²) in [6, 6.07) is 5.90. The van der Waals surface area contributed by atoms with Crippen LogP contribution in [0.5, 0.6) is 5.75 Å². The van der Waals surface area contributed by atoms with E-state index in [-0.39, 0.29) is 0 Å². The predicted molar refractivity (Wildman–Crippen MR) is 70.3 cm³/mol. The number of hydrogen-bond acceptors (Lipinski definition) is 5. The predicted octanol–water partition coefficient (Wildman–Crippen LogP) is 2.22. The highest BCUT2D eigenvalue weighted by Gasteiger charge is 2.11. The fourth-order valence-electron chi connectivity index (χ4n) is 1.59. The summed E-state index contributed by atoms with van der Waals surface area (Å²) in [5.74, 6) is 0.797. The van der Waals surface area contributed by atoms with Crippen molar-refractivity contribution >= 4 is 15.9 Å². The van der Waals surface area contributed by atoms with E-state index < -0.39 is 0 Å². The molecule has 0 spiro atoms. The number of rotatable bonds is 5. The summed E-state index contributed by atoms with van der Waals surface area (Å²) in [6.07, 6.45) is 0.769. The van der Waals surface area contributed by atoms with Gasteiger partial charge in [0.2, 0.25) is 0 Å². The first-order chi connectivity index (χ1) is 8.72. The van der Waals surface area contributed by atoms with Crippen molar-refractivity contribution < 1.29 is 9.37 Å². The van der Waals surface area contributed by atoms with Gasteiger partial charge in [0.1, 0.15) is 23.7 Å². The zero-order valence-electron chi connectivity index (χ0n) is 10.0. The summed E-state index contributed by atoms with van der Waals surface area (Å²) < 4.78 is 11.3. The van der Waals surface area contributed by atoms with Crippen molar-refractivity contribution in [2.24, 2.45) is 5.73 Å². The summed E-state index contributed by atoms with van der Waals surface area (Å²) in [5.41, 5.74) is 8.09. The van der Waals surface area contributed by atoms with E-state index >= 15 is 0 Å². The van der Waals surface area contributed by atoms with E-state index in [9.17, 15) is 0 Å². The Morgan fingerprint density at radius 1 is 1.39 bits per heavy atom. The maximum atomic E-state index is 5.78. The summed E-state index contributed by atoms with van der Waals surface area (Å²) >= 11 is 3.47. The summed E-state index contributed by atoms with van der Waals surface area (Å²) in [4.78, 5) is 0. The van der Waals surface area contributed by atoms with Crippen LogP contribution < -0.4 is 10.5 Å². The topological polar surface area (TPSA) is 74.2 Å². The van der Waals surface area contributed by atoms with Gasteiger partial charge < -0.3 is 10.5 Å². The van der Waals surface area contributed by atoms with Gasteiger partial charge in [-0.2, -0.15) is 0 Å². The van der Waals surface area contributed by atoms with Crippen LogP contribution in [0.1, 0.15) is 17.0 Å². The standard InChI is InChI=1S/C12H14BrN3O2/c1-8-11(16-18-15-8)7-17-12-9(5-6-14)3-2-4-10(12)13/h2-4H,5-7,14H2,1H3. The molecule has 5 nitrogen and oxygen atoms in total. The third-order valence-corrected chi connectivity index (χ3v) is 3.19. The second-order valence-corrected chi connectivity index (χ2v) is 4.71. The van der Waals surface area contributed by atoms with E-state index in [4.69, 9.17) is 10.5 Å². The number of hydrogen-bond donors (Lipinski definition) is 1. The van der Waals surface area contributed by atoms with Crippen molar-refractivity contribution in [3.8, 4) is 5.75 Å². The monoisotopic (exact) mass is 311 g/mol. The molecular weight excluding hydrogens is 298 g/mol. The largest absolute Gasteiger partial charge is 0.486 e. The molecule has 0 aliphatic rings. The van der Waals surface area contributed by atoms with Gasteiger partial charge >= 0.3 is 0 Å². The zero-order chi connectivity index (χ0) is 13.0. The molecule has 96 valence electrons. The molecule has 0 unspecified atom stereocenters. The molecule has 0 amide bonds. The minimum absolute atomic E-state index is 0.329. The number of aryl methyl sites for hydroxylation is 1. The Bertz CT molecular complexity index is 528. The summed E-state index contributed by atoms with van der Waals surface area (Å²) in [7, 11) is 0. The Kier molecular flexibility index (Phi) is 4.33. The Balaban J connectivity index is 2.15. The quantitative estimate of drug-likeness (QED) is 0.916. The van der Waals surface area contributed by atoms with Crippen molar-refractivity contribution in [2.45, 2.75) is 20.0 Å². The first-order valence-electron chi connectivity index (χ1n) is 5.60. The minimum Gasteiger partial charge on any atom is -0.486 e. The second-order valence-electron chi connectivity index (χ2n) is 3.85. The van der Waals surface area contributed by atoms with Crippen LogP contribution in [0.25, 0.3) is 0 Å². The molecule has 2 rings (SSSR count). The maximum absolute atomic E-state index is 5.78. The normalized spacial score (nSPS) is 10.6. The van der Waals surface area contributed by atoms with Crippen molar-refractivity contribution in [2.75, 3.05) is 6.54 Å². The molecule has 0 aliphatic carbocycles. The molecule has 1 heterocycles. The van der Waals surface area contributed by atoms with E-state index in [1.807, 2.05) is 25.1 Å². The van der Waals surface area contributed by atoms with Gasteiger partial charge in [-0.25, -0.2) is 4.63 Å². The molecule has 6 heteroatoms. The molecule has 2 N–H and O–H groups in total. The van der Waals surface area contributed by atoms with Crippen LogP contribution >= 0.6 is 15.9 Å². The van der Waals surface area contributed by atoms with E-state index in [2.05, 4.69) is 30.9 Å². The van der Waals surface area contributed by atoms with Crippen LogP contribution in [0.2, 0.25) is 0 Å². The van der Waals surface area contributed by atoms with Gasteiger partial charge in [-0.1, -0.05) is 22.4 Å². The highest BCUT2D eigenvalue weighted by molar-refractivity contribution is 9.10. The smallest absolute Gasteiger partial charge is 0.145 e. The SMILES string of the molecule is Cc1nonc1COc1c(Br)cccc1CCN. The maximum Gasteiger partial charge on any atom is 0.145 e. The Hall–Kier alpha value is -1.40. The molecule has 18 heavy (non-hydrogen) atoms. The molecule has 0 radical (unpaired) electrons. The molecule has 0 saturated carbocycles. The molecular formula is C12H14BrN3O2. The molecule has 2 aromatic rings. The van der Waals surface area contributed by atoms with Crippen LogP contribution in [-0.2, 0) is 13.0 Å². The number of halogens is 1. The third-order valence-electron chi connectivity index (χ3n) is 2.56. The van der Waals surface area contributed by atoms with Gasteiger partial charge in [-0.05, 0) is 47.4 Å². The number of ether oxygens (including phenoxy) is 1. The first-order valence-corrected chi connectivity index (χ1v) is 6.40. The molecule has 1 aromatic carbocycles. The number of nitrogens with zero attached hydrogens (tertiary/aromatic N) is 2. The van der Waals surface area contributed by atoms with Gasteiger partial charge in [-0.3, -0.25) is 0 Å². The average molecular weight is 312 g/mol. The molecule has 0 saturated heterocycles. The lowest BCUT2D eigenvalue weighted by Gasteiger charge is -2.11. The fraction of sp³-hybridized carbons (Fsp3) is 0.333. The van der Waals surface area contributed by atoms with E-state index in [1.54, 1.807) is 0 Å². The zero-order valence-corrected chi connectivity index (χ0v) is 11.6. The van der Waals surface area contributed by atoms with Gasteiger partial charge in [0.05, 0.1) is 4.47 Å². The van der Waals surface area contributed by atoms with Crippen LogP contribution in [0.3, 0.4) is 0 Å². The molecule has 0 bridgehead atoms. The number of nitrogens with two attached hydrogens (primary N) is 1. The molecule has 1 aromatic heterocycles. The summed E-state index contributed by atoms with van der Waals surface area (Å²) in [5, 5.41) is 7.50. The lowest BCUT2D eigenvalue weighted by molar-refractivity contribution is 0.267. The Morgan fingerprint density at radius 3 is 2.89 bits per heavy atom. The molecule has 0 aliphatic heterocycles. The van der Waals surface area contributed by atoms with Crippen molar-refractivity contribution in [1.29, 1.82) is 0 Å². The van der Waals surface area contributed by atoms with Gasteiger partial charge in [0, 0.05) is 0 Å². The second kappa shape index (κ2) is 5.97. The van der Waals surface area contributed by atoms with Gasteiger partial charge in [0.25, 0.3) is 0 Å². The van der Waals surface area contributed by atoms with Crippen LogP contribution in [0.4, 0.5) is 0 Å². The van der Waals surface area contributed by atoms with E-state index in [0.29, 0.717) is 18.8 Å². The highest BCUT2D eigenvalue weighted by Crippen LogP contribution is 2.30. The summed E-state index contributed by atoms with van der Waals surface area (Å²) in [6.45, 7) is 2.74. The minimum atomic E-state index is 0.329. The van der Waals surface area contributed by atoms with Gasteiger partial charge in [-0.15, -0.1) is 0 Å². The lowest BCUT2D eigenvalue weighted by Crippen LogP contribution is -2.06.